The van der Waals surface area contributed by atoms with Gasteiger partial charge in [-0.2, -0.15) is 8.42 Å². The van der Waals surface area contributed by atoms with Gasteiger partial charge >= 0.3 is 0 Å². The van der Waals surface area contributed by atoms with Crippen LogP contribution >= 0.6 is 11.3 Å². The van der Waals surface area contributed by atoms with E-state index in [9.17, 15) is 26.0 Å². The smallest absolute Gasteiger partial charge is 0.278 e. The van der Waals surface area contributed by atoms with E-state index in [1.54, 1.807) is 12.1 Å². The highest BCUT2D eigenvalue weighted by molar-refractivity contribution is 7.92. The fourth-order valence-electron chi connectivity index (χ4n) is 3.38. The molecule has 0 unspecified atom stereocenters. The van der Waals surface area contributed by atoms with Gasteiger partial charge in [0.05, 0.1) is 4.90 Å². The molecular weight excluding hydrogens is 550 g/mol. The summed E-state index contributed by atoms with van der Waals surface area (Å²) in [6, 6.07) is 17.1. The Balaban J connectivity index is 1.44. The molecule has 3 aromatic carbocycles. The lowest BCUT2D eigenvalue weighted by molar-refractivity contribution is 0.0981. The highest BCUT2D eigenvalue weighted by Crippen LogP contribution is 2.27. The van der Waals surface area contributed by atoms with Crippen LogP contribution in [0.15, 0.2) is 88.1 Å². The van der Waals surface area contributed by atoms with E-state index < -0.39 is 31.8 Å². The Labute approximate surface area is 224 Å². The first-order chi connectivity index (χ1) is 17.7. The van der Waals surface area contributed by atoms with Crippen molar-refractivity contribution in [3.05, 3.63) is 95.1 Å². The van der Waals surface area contributed by atoms with Crippen molar-refractivity contribution in [1.82, 2.24) is 9.71 Å². The van der Waals surface area contributed by atoms with E-state index in [4.69, 9.17) is 0 Å². The number of aromatic nitrogens is 1. The van der Waals surface area contributed by atoms with Gasteiger partial charge in [-0.1, -0.05) is 32.9 Å². The van der Waals surface area contributed by atoms with Crippen molar-refractivity contribution in [2.24, 2.45) is 0 Å². The fourth-order valence-corrected chi connectivity index (χ4v) is 6.51. The molecule has 4 rings (SSSR count). The van der Waals surface area contributed by atoms with Gasteiger partial charge in [0.2, 0.25) is 0 Å². The first-order valence-corrected chi connectivity index (χ1v) is 15.1. The minimum atomic E-state index is -4.11. The van der Waals surface area contributed by atoms with Crippen LogP contribution in [0, 0.1) is 5.82 Å². The number of amides is 1. The van der Waals surface area contributed by atoms with Gasteiger partial charge in [-0.15, -0.1) is 11.3 Å². The van der Waals surface area contributed by atoms with Gasteiger partial charge in [0.1, 0.15) is 10.8 Å². The first kappa shape index (κ1) is 27.4. The third-order valence-corrected chi connectivity index (χ3v) is 9.16. The summed E-state index contributed by atoms with van der Waals surface area (Å²) in [6.07, 6.45) is 0. The minimum absolute atomic E-state index is 0.0232. The molecule has 198 valence electrons. The molecule has 4 aromatic rings. The van der Waals surface area contributed by atoms with Crippen molar-refractivity contribution in [3.63, 3.8) is 0 Å². The molecule has 2 N–H and O–H groups in total. The van der Waals surface area contributed by atoms with Crippen molar-refractivity contribution in [2.75, 3.05) is 4.72 Å². The van der Waals surface area contributed by atoms with Gasteiger partial charge in [-0.05, 0) is 71.6 Å². The summed E-state index contributed by atoms with van der Waals surface area (Å²) in [5.74, 6) is -1.27. The largest absolute Gasteiger partial charge is 0.280 e. The summed E-state index contributed by atoms with van der Waals surface area (Å²) in [5, 5.41) is 1.56. The molecule has 0 saturated heterocycles. The summed E-state index contributed by atoms with van der Waals surface area (Å²) in [7, 11) is -8.15. The number of benzene rings is 3. The number of thiazole rings is 1. The Morgan fingerprint density at radius 1 is 0.842 bits per heavy atom. The number of nitrogens with one attached hydrogen (secondary N) is 2. The fraction of sp³-hybridized carbons (Fsp3) is 0.154. The van der Waals surface area contributed by atoms with E-state index in [2.05, 4.69) is 9.71 Å². The zero-order valence-corrected chi connectivity index (χ0v) is 23.0. The number of carbonyl (C=O) groups excluding carboxylic acids is 1. The molecular formula is C26H24FN3O5S3. The van der Waals surface area contributed by atoms with Crippen LogP contribution in [0.3, 0.4) is 0 Å². The molecule has 0 aliphatic heterocycles. The Kier molecular flexibility index (Phi) is 7.42. The molecule has 12 heteroatoms. The molecule has 0 saturated carbocycles. The number of rotatable bonds is 7. The van der Waals surface area contributed by atoms with Gasteiger partial charge in [0.15, 0.2) is 5.03 Å². The van der Waals surface area contributed by atoms with Crippen LogP contribution in [0.25, 0.3) is 10.6 Å². The molecule has 8 nitrogen and oxygen atoms in total. The molecule has 1 heterocycles. The van der Waals surface area contributed by atoms with Crippen molar-refractivity contribution in [3.8, 4) is 10.6 Å². The molecule has 0 atom stereocenters. The van der Waals surface area contributed by atoms with Crippen molar-refractivity contribution >= 4 is 43.0 Å². The van der Waals surface area contributed by atoms with Crippen molar-refractivity contribution < 1.29 is 26.0 Å². The predicted molar refractivity (Wildman–Crippen MR) is 145 cm³/mol. The Morgan fingerprint density at radius 2 is 1.45 bits per heavy atom. The van der Waals surface area contributed by atoms with E-state index in [1.807, 2.05) is 25.5 Å². The van der Waals surface area contributed by atoms with E-state index in [1.165, 1.54) is 66.0 Å². The molecule has 38 heavy (non-hydrogen) atoms. The molecule has 0 aliphatic carbocycles. The van der Waals surface area contributed by atoms with E-state index >= 15 is 0 Å². The SMILES string of the molecule is CC(C)(C)c1ccc(S(=O)(=O)NC(=O)c2ccc(NS(=O)(=O)c3csc(-c4ccc(F)cc4)n3)cc2)cc1. The van der Waals surface area contributed by atoms with Gasteiger partial charge in [0.25, 0.3) is 26.0 Å². The second-order valence-electron chi connectivity index (χ2n) is 9.39. The van der Waals surface area contributed by atoms with E-state index in [0.717, 1.165) is 16.9 Å². The monoisotopic (exact) mass is 573 g/mol. The number of nitrogens with zero attached hydrogens (tertiary/aromatic N) is 1. The van der Waals surface area contributed by atoms with Crippen LogP contribution in [0.1, 0.15) is 36.7 Å². The molecule has 1 amide bonds. The molecule has 0 aliphatic rings. The van der Waals surface area contributed by atoms with Gasteiger partial charge in [-0.3, -0.25) is 9.52 Å². The Morgan fingerprint density at radius 3 is 2.03 bits per heavy atom. The lowest BCUT2D eigenvalue weighted by Crippen LogP contribution is -2.30. The van der Waals surface area contributed by atoms with E-state index in [-0.39, 0.29) is 26.6 Å². The minimum Gasteiger partial charge on any atom is -0.278 e. The lowest BCUT2D eigenvalue weighted by Gasteiger charge is -2.19. The first-order valence-electron chi connectivity index (χ1n) is 11.3. The molecule has 0 fully saturated rings. The molecule has 1 aromatic heterocycles. The normalized spacial score (nSPS) is 12.2. The standard InChI is InChI=1S/C26H24FN3O5S3/c1-26(2,3)19-8-14-22(15-9-19)37(32,33)30-24(31)17-6-12-21(13-7-17)29-38(34,35)23-16-36-25(28-23)18-4-10-20(27)11-5-18/h4-16,29H,1-3H3,(H,30,31). The summed E-state index contributed by atoms with van der Waals surface area (Å²) in [5.41, 5.74) is 1.55. The zero-order valence-electron chi connectivity index (χ0n) is 20.6. The summed E-state index contributed by atoms with van der Waals surface area (Å²) >= 11 is 1.09. The van der Waals surface area contributed by atoms with Crippen LogP contribution in [0.5, 0.6) is 0 Å². The quantitative estimate of drug-likeness (QED) is 0.315. The highest BCUT2D eigenvalue weighted by Gasteiger charge is 2.22. The van der Waals surface area contributed by atoms with E-state index in [0.29, 0.717) is 10.6 Å². The lowest BCUT2D eigenvalue weighted by atomic mass is 9.87. The van der Waals surface area contributed by atoms with Crippen LogP contribution < -0.4 is 9.44 Å². The van der Waals surface area contributed by atoms with Gasteiger partial charge in [-0.25, -0.2) is 22.5 Å². The average Bonchev–Trinajstić information content (AvgIpc) is 3.35. The number of anilines is 1. The molecule has 0 bridgehead atoms. The second-order valence-corrected chi connectivity index (χ2v) is 13.6. The topological polar surface area (TPSA) is 122 Å². The third kappa shape index (κ3) is 6.26. The maximum absolute atomic E-state index is 13.1. The maximum atomic E-state index is 13.1. The number of hydrogen-bond acceptors (Lipinski definition) is 7. The summed E-state index contributed by atoms with van der Waals surface area (Å²) in [4.78, 5) is 16.7. The van der Waals surface area contributed by atoms with Gasteiger partial charge in [0, 0.05) is 22.2 Å². The van der Waals surface area contributed by atoms with Crippen molar-refractivity contribution in [2.45, 2.75) is 36.1 Å². The highest BCUT2D eigenvalue weighted by atomic mass is 32.2. The van der Waals surface area contributed by atoms with Crippen LogP contribution in [0.2, 0.25) is 0 Å². The number of hydrogen-bond donors (Lipinski definition) is 2. The average molecular weight is 574 g/mol. The predicted octanol–water partition coefficient (Wildman–Crippen LogP) is 5.17. The van der Waals surface area contributed by atoms with Crippen LogP contribution in [0.4, 0.5) is 10.1 Å². The Hall–Kier alpha value is -3.61. The van der Waals surface area contributed by atoms with Crippen molar-refractivity contribution in [1.29, 1.82) is 0 Å². The number of carbonyl (C=O) groups is 1. The number of sulfonamides is 2. The maximum Gasteiger partial charge on any atom is 0.280 e. The Bertz CT molecular complexity index is 1670. The summed E-state index contributed by atoms with van der Waals surface area (Å²) in [6.45, 7) is 6.01. The zero-order chi connectivity index (χ0) is 27.7. The molecule has 0 spiro atoms. The summed E-state index contributed by atoms with van der Waals surface area (Å²) < 4.78 is 68.4. The third-order valence-electron chi connectivity index (χ3n) is 5.51. The van der Waals surface area contributed by atoms with Crippen LogP contribution in [-0.2, 0) is 25.5 Å². The van der Waals surface area contributed by atoms with Gasteiger partial charge < -0.3 is 0 Å². The number of halogens is 1. The van der Waals surface area contributed by atoms with Crippen LogP contribution in [-0.4, -0.2) is 27.7 Å². The molecule has 0 radical (unpaired) electrons. The second kappa shape index (κ2) is 10.3.